The highest BCUT2D eigenvalue weighted by atomic mass is 14.9. The van der Waals surface area contributed by atoms with Crippen LogP contribution in [0.4, 0.5) is 5.82 Å². The van der Waals surface area contributed by atoms with Gasteiger partial charge in [-0.2, -0.15) is 0 Å². The third-order valence-electron chi connectivity index (χ3n) is 2.98. The monoisotopic (exact) mass is 191 g/mol. The summed E-state index contributed by atoms with van der Waals surface area (Å²) < 4.78 is 0. The lowest BCUT2D eigenvalue weighted by Gasteiger charge is -2.21. The predicted molar refractivity (Wildman–Crippen MR) is 56.7 cm³/mol. The van der Waals surface area contributed by atoms with E-state index in [0.717, 1.165) is 11.5 Å². The summed E-state index contributed by atoms with van der Waals surface area (Å²) in [7, 11) is 0. The number of anilines is 1. The Balaban J connectivity index is 2.30. The Morgan fingerprint density at radius 2 is 2.14 bits per heavy atom. The summed E-state index contributed by atoms with van der Waals surface area (Å²) in [5, 5.41) is 0. The molecule has 1 unspecified atom stereocenters. The standard InChI is InChI=1S/C11H17N3/c1-7(2)10(8-3-4-8)9-5-13-6-14-11(9)12/h5-8,10H,3-4H2,1-2H3,(H2,12,13,14). The first-order valence-corrected chi connectivity index (χ1v) is 5.25. The molecule has 3 nitrogen and oxygen atoms in total. The van der Waals surface area contributed by atoms with E-state index in [1.54, 1.807) is 0 Å². The molecule has 2 rings (SSSR count). The van der Waals surface area contributed by atoms with E-state index < -0.39 is 0 Å². The van der Waals surface area contributed by atoms with Crippen molar-refractivity contribution in [2.75, 3.05) is 5.73 Å². The quantitative estimate of drug-likeness (QED) is 0.797. The summed E-state index contributed by atoms with van der Waals surface area (Å²) in [6, 6.07) is 0. The van der Waals surface area contributed by atoms with E-state index in [4.69, 9.17) is 5.73 Å². The average Bonchev–Trinajstić information content (AvgIpc) is 2.92. The van der Waals surface area contributed by atoms with E-state index in [1.807, 2.05) is 6.20 Å². The van der Waals surface area contributed by atoms with Crippen molar-refractivity contribution in [3.63, 3.8) is 0 Å². The summed E-state index contributed by atoms with van der Waals surface area (Å²) in [5.41, 5.74) is 7.02. The molecule has 1 saturated carbocycles. The van der Waals surface area contributed by atoms with E-state index in [9.17, 15) is 0 Å². The normalized spacial score (nSPS) is 18.5. The molecular formula is C11H17N3. The lowest BCUT2D eigenvalue weighted by molar-refractivity contribution is 0.449. The first-order valence-electron chi connectivity index (χ1n) is 5.25. The van der Waals surface area contributed by atoms with Crippen LogP contribution in [-0.2, 0) is 0 Å². The van der Waals surface area contributed by atoms with Crippen molar-refractivity contribution in [1.29, 1.82) is 0 Å². The van der Waals surface area contributed by atoms with Gasteiger partial charge >= 0.3 is 0 Å². The van der Waals surface area contributed by atoms with E-state index in [2.05, 4.69) is 23.8 Å². The van der Waals surface area contributed by atoms with Crippen LogP contribution in [-0.4, -0.2) is 9.97 Å². The first kappa shape index (κ1) is 9.44. The fourth-order valence-electron chi connectivity index (χ4n) is 2.22. The average molecular weight is 191 g/mol. The van der Waals surface area contributed by atoms with Crippen LogP contribution in [0, 0.1) is 11.8 Å². The number of hydrogen-bond acceptors (Lipinski definition) is 3. The lowest BCUT2D eigenvalue weighted by Crippen LogP contribution is -2.12. The van der Waals surface area contributed by atoms with Crippen LogP contribution in [0.2, 0.25) is 0 Å². The van der Waals surface area contributed by atoms with Gasteiger partial charge in [0.2, 0.25) is 0 Å². The fourth-order valence-corrected chi connectivity index (χ4v) is 2.22. The largest absolute Gasteiger partial charge is 0.383 e. The van der Waals surface area contributed by atoms with E-state index >= 15 is 0 Å². The number of aromatic nitrogens is 2. The number of nitrogen functional groups attached to an aromatic ring is 1. The van der Waals surface area contributed by atoms with Crippen molar-refractivity contribution >= 4 is 5.82 Å². The third-order valence-corrected chi connectivity index (χ3v) is 2.98. The molecule has 0 aromatic carbocycles. The Kier molecular flexibility index (Phi) is 2.40. The Morgan fingerprint density at radius 3 is 2.64 bits per heavy atom. The summed E-state index contributed by atoms with van der Waals surface area (Å²) in [5.74, 6) is 2.64. The molecule has 0 saturated heterocycles. The fraction of sp³-hybridized carbons (Fsp3) is 0.636. The second-order valence-electron chi connectivity index (χ2n) is 4.47. The Bertz CT molecular complexity index is 316. The smallest absolute Gasteiger partial charge is 0.130 e. The number of hydrogen-bond donors (Lipinski definition) is 1. The molecule has 1 atom stereocenters. The highest BCUT2D eigenvalue weighted by molar-refractivity contribution is 5.40. The molecule has 1 aliphatic rings. The zero-order valence-electron chi connectivity index (χ0n) is 8.77. The molecule has 0 amide bonds. The zero-order chi connectivity index (χ0) is 10.1. The minimum absolute atomic E-state index is 0.552. The molecule has 2 N–H and O–H groups in total. The van der Waals surface area contributed by atoms with Crippen LogP contribution in [0.15, 0.2) is 12.5 Å². The Labute approximate surface area is 84.8 Å². The number of nitrogens with zero attached hydrogens (tertiary/aromatic N) is 2. The van der Waals surface area contributed by atoms with Crippen molar-refractivity contribution in [2.24, 2.45) is 11.8 Å². The molecule has 0 spiro atoms. The molecule has 14 heavy (non-hydrogen) atoms. The molecule has 1 heterocycles. The van der Waals surface area contributed by atoms with Gasteiger partial charge in [-0.05, 0) is 30.6 Å². The van der Waals surface area contributed by atoms with E-state index in [1.165, 1.54) is 19.2 Å². The van der Waals surface area contributed by atoms with E-state index in [0.29, 0.717) is 17.7 Å². The van der Waals surface area contributed by atoms with Crippen molar-refractivity contribution in [3.05, 3.63) is 18.1 Å². The van der Waals surface area contributed by atoms with Gasteiger partial charge in [-0.25, -0.2) is 9.97 Å². The highest BCUT2D eigenvalue weighted by Gasteiger charge is 2.35. The van der Waals surface area contributed by atoms with Crippen molar-refractivity contribution in [3.8, 4) is 0 Å². The third kappa shape index (κ3) is 1.72. The van der Waals surface area contributed by atoms with Gasteiger partial charge in [0.1, 0.15) is 12.1 Å². The second kappa shape index (κ2) is 3.56. The van der Waals surface area contributed by atoms with Crippen LogP contribution in [0.25, 0.3) is 0 Å². The summed E-state index contributed by atoms with van der Waals surface area (Å²) in [6.45, 7) is 4.49. The highest BCUT2D eigenvalue weighted by Crippen LogP contribution is 2.47. The SMILES string of the molecule is CC(C)C(c1cncnc1N)C1CC1. The Morgan fingerprint density at radius 1 is 1.43 bits per heavy atom. The van der Waals surface area contributed by atoms with Gasteiger partial charge in [0.15, 0.2) is 0 Å². The maximum Gasteiger partial charge on any atom is 0.130 e. The molecule has 1 aromatic heterocycles. The predicted octanol–water partition coefficient (Wildman–Crippen LogP) is 2.21. The summed E-state index contributed by atoms with van der Waals surface area (Å²) >= 11 is 0. The van der Waals surface area contributed by atoms with Gasteiger partial charge in [0.05, 0.1) is 0 Å². The van der Waals surface area contributed by atoms with Gasteiger partial charge < -0.3 is 5.73 Å². The van der Waals surface area contributed by atoms with Crippen molar-refractivity contribution < 1.29 is 0 Å². The molecule has 1 aliphatic carbocycles. The minimum atomic E-state index is 0.552. The van der Waals surface area contributed by atoms with Gasteiger partial charge in [-0.3, -0.25) is 0 Å². The van der Waals surface area contributed by atoms with Gasteiger partial charge in [0, 0.05) is 11.8 Å². The second-order valence-corrected chi connectivity index (χ2v) is 4.47. The molecule has 76 valence electrons. The van der Waals surface area contributed by atoms with Crippen molar-refractivity contribution in [1.82, 2.24) is 9.97 Å². The zero-order valence-corrected chi connectivity index (χ0v) is 8.77. The molecule has 0 radical (unpaired) electrons. The number of rotatable bonds is 3. The van der Waals surface area contributed by atoms with Crippen molar-refractivity contribution in [2.45, 2.75) is 32.6 Å². The minimum Gasteiger partial charge on any atom is -0.383 e. The number of nitrogens with two attached hydrogens (primary N) is 1. The van der Waals surface area contributed by atoms with Gasteiger partial charge in [-0.1, -0.05) is 13.8 Å². The summed E-state index contributed by atoms with van der Waals surface area (Å²) in [4.78, 5) is 8.13. The molecule has 1 fully saturated rings. The topological polar surface area (TPSA) is 51.8 Å². The maximum atomic E-state index is 5.87. The van der Waals surface area contributed by atoms with Crippen LogP contribution in [0.3, 0.4) is 0 Å². The van der Waals surface area contributed by atoms with Crippen LogP contribution in [0.1, 0.15) is 38.2 Å². The molecule has 1 aromatic rings. The lowest BCUT2D eigenvalue weighted by atomic mass is 9.85. The van der Waals surface area contributed by atoms with Crippen LogP contribution >= 0.6 is 0 Å². The molecule has 3 heteroatoms. The van der Waals surface area contributed by atoms with Gasteiger partial charge in [-0.15, -0.1) is 0 Å². The molecule has 0 aliphatic heterocycles. The molecule has 0 bridgehead atoms. The Hall–Kier alpha value is -1.12. The van der Waals surface area contributed by atoms with E-state index in [-0.39, 0.29) is 0 Å². The first-order chi connectivity index (χ1) is 6.70. The van der Waals surface area contributed by atoms with Crippen LogP contribution in [0.5, 0.6) is 0 Å². The summed E-state index contributed by atoms with van der Waals surface area (Å²) in [6.07, 6.45) is 6.06. The van der Waals surface area contributed by atoms with Gasteiger partial charge in [0.25, 0.3) is 0 Å². The maximum absolute atomic E-state index is 5.87. The van der Waals surface area contributed by atoms with Crippen LogP contribution < -0.4 is 5.73 Å². The molecular weight excluding hydrogens is 174 g/mol.